The summed E-state index contributed by atoms with van der Waals surface area (Å²) < 4.78 is 11.2. The highest BCUT2D eigenvalue weighted by molar-refractivity contribution is 5.12. The molecule has 0 radical (unpaired) electrons. The van der Waals surface area contributed by atoms with Crippen LogP contribution in [0.1, 0.15) is 58.3 Å². The summed E-state index contributed by atoms with van der Waals surface area (Å²) >= 11 is 0. The molecule has 1 saturated heterocycles. The summed E-state index contributed by atoms with van der Waals surface area (Å²) in [6, 6.07) is 0. The Kier molecular flexibility index (Phi) is 10.8. The maximum Gasteiger partial charge on any atom is 0.157 e. The van der Waals surface area contributed by atoms with E-state index in [1.54, 1.807) is 0 Å². The minimum Gasteiger partial charge on any atom is -0.353 e. The van der Waals surface area contributed by atoms with Gasteiger partial charge in [0.25, 0.3) is 0 Å². The van der Waals surface area contributed by atoms with Crippen molar-refractivity contribution in [3.8, 4) is 23.7 Å². The average molecular weight is 274 g/mol. The van der Waals surface area contributed by atoms with E-state index in [-0.39, 0.29) is 6.29 Å². The monoisotopic (exact) mass is 274 g/mol. The van der Waals surface area contributed by atoms with E-state index in [1.165, 1.54) is 12.8 Å². The second-order valence-corrected chi connectivity index (χ2v) is 4.72. The molecule has 0 aromatic heterocycles. The SMILES string of the molecule is CCC#CCC#CC/C=C/CCCOC1CCCCO1. The molecule has 1 atom stereocenters. The molecule has 1 rings (SSSR count). The first-order valence-corrected chi connectivity index (χ1v) is 7.73. The lowest BCUT2D eigenvalue weighted by atomic mass is 10.2. The number of ether oxygens (including phenoxy) is 2. The third-order valence-electron chi connectivity index (χ3n) is 2.95. The summed E-state index contributed by atoms with van der Waals surface area (Å²) in [5.41, 5.74) is 0. The molecule has 1 aliphatic heterocycles. The van der Waals surface area contributed by atoms with Gasteiger partial charge in [0, 0.05) is 19.4 Å². The van der Waals surface area contributed by atoms with E-state index in [2.05, 4.69) is 35.8 Å². The van der Waals surface area contributed by atoms with Crippen molar-refractivity contribution >= 4 is 0 Å². The molecule has 0 amide bonds. The van der Waals surface area contributed by atoms with Crippen LogP contribution in [0.3, 0.4) is 0 Å². The average Bonchev–Trinajstić information content (AvgIpc) is 2.49. The predicted molar refractivity (Wildman–Crippen MR) is 83.0 cm³/mol. The van der Waals surface area contributed by atoms with Crippen LogP contribution in [0, 0.1) is 23.7 Å². The number of allylic oxidation sites excluding steroid dienone is 2. The zero-order valence-corrected chi connectivity index (χ0v) is 12.6. The van der Waals surface area contributed by atoms with Gasteiger partial charge in [0.1, 0.15) is 0 Å². The molecular formula is C18H26O2. The van der Waals surface area contributed by atoms with Gasteiger partial charge < -0.3 is 9.47 Å². The number of unbranched alkanes of at least 4 members (excludes halogenated alkanes) is 1. The maximum absolute atomic E-state index is 5.67. The summed E-state index contributed by atoms with van der Waals surface area (Å²) in [5.74, 6) is 12.2. The Bertz CT molecular complexity index is 370. The Morgan fingerprint density at radius 1 is 1.15 bits per heavy atom. The van der Waals surface area contributed by atoms with Crippen molar-refractivity contribution in [1.29, 1.82) is 0 Å². The highest BCUT2D eigenvalue weighted by Crippen LogP contribution is 2.13. The zero-order valence-electron chi connectivity index (χ0n) is 12.6. The fourth-order valence-electron chi connectivity index (χ4n) is 1.89. The van der Waals surface area contributed by atoms with Crippen LogP contribution in [-0.2, 0) is 9.47 Å². The summed E-state index contributed by atoms with van der Waals surface area (Å²) in [4.78, 5) is 0. The van der Waals surface area contributed by atoms with Crippen LogP contribution in [0.15, 0.2) is 12.2 Å². The molecule has 2 heteroatoms. The first-order valence-electron chi connectivity index (χ1n) is 7.73. The molecule has 110 valence electrons. The van der Waals surface area contributed by atoms with Crippen LogP contribution in [0.25, 0.3) is 0 Å². The lowest BCUT2D eigenvalue weighted by Gasteiger charge is -2.22. The Morgan fingerprint density at radius 2 is 2.05 bits per heavy atom. The minimum atomic E-state index is 0.0443. The van der Waals surface area contributed by atoms with E-state index in [4.69, 9.17) is 9.47 Å². The van der Waals surface area contributed by atoms with Gasteiger partial charge in [-0.25, -0.2) is 0 Å². The molecule has 0 aromatic carbocycles. The third-order valence-corrected chi connectivity index (χ3v) is 2.95. The fraction of sp³-hybridized carbons (Fsp3) is 0.667. The van der Waals surface area contributed by atoms with E-state index in [1.807, 2.05) is 6.92 Å². The molecular weight excluding hydrogens is 248 g/mol. The summed E-state index contributed by atoms with van der Waals surface area (Å²) in [6.07, 6.45) is 12.3. The van der Waals surface area contributed by atoms with Crippen molar-refractivity contribution in [2.24, 2.45) is 0 Å². The van der Waals surface area contributed by atoms with E-state index < -0.39 is 0 Å². The molecule has 1 heterocycles. The van der Waals surface area contributed by atoms with Crippen LogP contribution in [0.4, 0.5) is 0 Å². The quantitative estimate of drug-likeness (QED) is 0.413. The van der Waals surface area contributed by atoms with Crippen molar-refractivity contribution in [2.45, 2.75) is 64.6 Å². The number of rotatable bonds is 6. The Morgan fingerprint density at radius 3 is 2.85 bits per heavy atom. The van der Waals surface area contributed by atoms with Gasteiger partial charge in [0.15, 0.2) is 6.29 Å². The predicted octanol–water partition coefficient (Wildman–Crippen LogP) is 4.06. The first-order chi connectivity index (χ1) is 9.93. The molecule has 1 fully saturated rings. The zero-order chi connectivity index (χ0) is 14.3. The van der Waals surface area contributed by atoms with E-state index >= 15 is 0 Å². The molecule has 0 N–H and O–H groups in total. The third kappa shape index (κ3) is 9.68. The summed E-state index contributed by atoms with van der Waals surface area (Å²) in [6.45, 7) is 3.69. The van der Waals surface area contributed by atoms with Crippen LogP contribution >= 0.6 is 0 Å². The van der Waals surface area contributed by atoms with Crippen LogP contribution < -0.4 is 0 Å². The van der Waals surface area contributed by atoms with Gasteiger partial charge in [-0.3, -0.25) is 0 Å². The Hall–Kier alpha value is -1.22. The molecule has 0 aromatic rings. The largest absolute Gasteiger partial charge is 0.353 e. The summed E-state index contributed by atoms with van der Waals surface area (Å²) in [5, 5.41) is 0. The molecule has 20 heavy (non-hydrogen) atoms. The van der Waals surface area contributed by atoms with Crippen LogP contribution in [-0.4, -0.2) is 19.5 Å². The first kappa shape index (κ1) is 16.8. The summed E-state index contributed by atoms with van der Waals surface area (Å²) in [7, 11) is 0. The van der Waals surface area contributed by atoms with Crippen molar-refractivity contribution < 1.29 is 9.47 Å². The molecule has 0 saturated carbocycles. The standard InChI is InChI=1S/C18H26O2/c1-2-3-4-5-6-7-8-9-10-11-13-16-19-18-15-12-14-17-20-18/h9-10,18H,2,5,8,11-17H2,1H3/b10-9+. The highest BCUT2D eigenvalue weighted by atomic mass is 16.7. The normalized spacial score (nSPS) is 18.1. The van der Waals surface area contributed by atoms with Gasteiger partial charge in [-0.05, 0) is 32.1 Å². The molecule has 0 spiro atoms. The molecule has 0 bridgehead atoms. The van der Waals surface area contributed by atoms with E-state index in [9.17, 15) is 0 Å². The lowest BCUT2D eigenvalue weighted by Crippen LogP contribution is -2.22. The van der Waals surface area contributed by atoms with Crippen molar-refractivity contribution in [2.75, 3.05) is 13.2 Å². The molecule has 2 nitrogen and oxygen atoms in total. The fourth-order valence-corrected chi connectivity index (χ4v) is 1.89. The van der Waals surface area contributed by atoms with Gasteiger partial charge in [-0.1, -0.05) is 36.8 Å². The topological polar surface area (TPSA) is 18.5 Å². The second-order valence-electron chi connectivity index (χ2n) is 4.72. The van der Waals surface area contributed by atoms with Crippen LogP contribution in [0.2, 0.25) is 0 Å². The Labute approximate surface area is 123 Å². The molecule has 1 unspecified atom stereocenters. The van der Waals surface area contributed by atoms with Crippen molar-refractivity contribution in [3.63, 3.8) is 0 Å². The van der Waals surface area contributed by atoms with Gasteiger partial charge in [0.05, 0.1) is 13.0 Å². The van der Waals surface area contributed by atoms with Gasteiger partial charge >= 0.3 is 0 Å². The van der Waals surface area contributed by atoms with Gasteiger partial charge in [-0.2, -0.15) is 0 Å². The van der Waals surface area contributed by atoms with Crippen LogP contribution in [0.5, 0.6) is 0 Å². The number of hydrogen-bond donors (Lipinski definition) is 0. The van der Waals surface area contributed by atoms with Gasteiger partial charge in [0.2, 0.25) is 0 Å². The second kappa shape index (κ2) is 12.8. The van der Waals surface area contributed by atoms with Crippen molar-refractivity contribution in [1.82, 2.24) is 0 Å². The smallest absolute Gasteiger partial charge is 0.157 e. The Balaban J connectivity index is 1.91. The lowest BCUT2D eigenvalue weighted by molar-refractivity contribution is -0.162. The number of hydrogen-bond acceptors (Lipinski definition) is 2. The van der Waals surface area contributed by atoms with E-state index in [0.717, 1.165) is 45.3 Å². The van der Waals surface area contributed by atoms with Crippen molar-refractivity contribution in [3.05, 3.63) is 12.2 Å². The minimum absolute atomic E-state index is 0.0443. The maximum atomic E-state index is 5.67. The van der Waals surface area contributed by atoms with E-state index in [0.29, 0.717) is 6.42 Å². The van der Waals surface area contributed by atoms with Gasteiger partial charge in [-0.15, -0.1) is 5.92 Å². The molecule has 0 aliphatic carbocycles. The molecule has 1 aliphatic rings. The highest BCUT2D eigenvalue weighted by Gasteiger charge is 2.12.